The van der Waals surface area contributed by atoms with Crippen LogP contribution in [-0.4, -0.2) is 23.4 Å². The Morgan fingerprint density at radius 3 is 2.07 bits per heavy atom. The highest BCUT2D eigenvalue weighted by molar-refractivity contribution is 5.84. The fraction of sp³-hybridized carbons (Fsp3) is 0.0500. The zero-order valence-electron chi connectivity index (χ0n) is 14.5. The molecular formula is C20H17N3O4. The molecule has 7 heteroatoms. The molecule has 0 atom stereocenters. The van der Waals surface area contributed by atoms with Crippen LogP contribution in [0.5, 0.6) is 11.5 Å². The topological polar surface area (TPSA) is 88.2 Å². The summed E-state index contributed by atoms with van der Waals surface area (Å²) in [5.41, 5.74) is 1.65. The summed E-state index contributed by atoms with van der Waals surface area (Å²) in [4.78, 5) is 10.5. The molecule has 0 amide bonds. The minimum atomic E-state index is -0.665. The first-order chi connectivity index (χ1) is 13.1. The van der Waals surface area contributed by atoms with Crippen molar-refractivity contribution in [1.82, 2.24) is 0 Å². The zero-order valence-corrected chi connectivity index (χ0v) is 14.5. The van der Waals surface area contributed by atoms with Gasteiger partial charge in [-0.1, -0.05) is 36.4 Å². The minimum absolute atomic E-state index is 0.0108. The summed E-state index contributed by atoms with van der Waals surface area (Å²) in [7, 11) is 1.33. The molecule has 0 saturated heterocycles. The number of rotatable bonds is 6. The normalized spacial score (nSPS) is 10.7. The lowest BCUT2D eigenvalue weighted by Gasteiger charge is -2.19. The van der Waals surface area contributed by atoms with Gasteiger partial charge in [0.25, 0.3) is 0 Å². The van der Waals surface area contributed by atoms with E-state index in [9.17, 15) is 15.2 Å². The summed E-state index contributed by atoms with van der Waals surface area (Å²) in [6.07, 6.45) is 1.48. The van der Waals surface area contributed by atoms with Crippen LogP contribution in [0.3, 0.4) is 0 Å². The molecule has 3 aromatic carbocycles. The summed E-state index contributed by atoms with van der Waals surface area (Å²) in [6, 6.07) is 21.8. The number of anilines is 2. The number of benzene rings is 3. The Hall–Kier alpha value is -3.87. The number of phenols is 1. The lowest BCUT2D eigenvalue weighted by atomic mass is 10.2. The van der Waals surface area contributed by atoms with Crippen molar-refractivity contribution in [3.05, 3.63) is 88.5 Å². The molecule has 0 bridgehead atoms. The first kappa shape index (κ1) is 17.9. The molecule has 0 radical (unpaired) electrons. The van der Waals surface area contributed by atoms with Crippen LogP contribution in [-0.2, 0) is 0 Å². The Morgan fingerprint density at radius 1 is 1.04 bits per heavy atom. The number of nitrogens with zero attached hydrogens (tertiary/aromatic N) is 3. The molecule has 0 aliphatic rings. The largest absolute Gasteiger partial charge is 0.500 e. The third kappa shape index (κ3) is 4.04. The first-order valence-corrected chi connectivity index (χ1v) is 8.09. The molecule has 0 aliphatic heterocycles. The Bertz CT molecular complexity index is 920. The van der Waals surface area contributed by atoms with E-state index in [0.717, 1.165) is 11.4 Å². The number of para-hydroxylation sites is 2. The minimum Gasteiger partial charge on any atom is -0.500 e. The molecule has 0 aliphatic carbocycles. The van der Waals surface area contributed by atoms with Crippen LogP contribution in [0.2, 0.25) is 0 Å². The van der Waals surface area contributed by atoms with E-state index < -0.39 is 16.4 Å². The molecular weight excluding hydrogens is 346 g/mol. The van der Waals surface area contributed by atoms with Crippen molar-refractivity contribution in [1.29, 1.82) is 0 Å². The van der Waals surface area contributed by atoms with Crippen LogP contribution in [0, 0.1) is 10.1 Å². The number of hydrazone groups is 1. The van der Waals surface area contributed by atoms with Gasteiger partial charge in [-0.25, -0.2) is 5.01 Å². The van der Waals surface area contributed by atoms with Gasteiger partial charge in [0.1, 0.15) is 0 Å². The van der Waals surface area contributed by atoms with Crippen LogP contribution in [0.15, 0.2) is 77.9 Å². The summed E-state index contributed by atoms with van der Waals surface area (Å²) < 4.78 is 5.02. The van der Waals surface area contributed by atoms with Gasteiger partial charge in [-0.15, -0.1) is 0 Å². The fourth-order valence-electron chi connectivity index (χ4n) is 2.53. The van der Waals surface area contributed by atoms with Gasteiger partial charge < -0.3 is 9.84 Å². The van der Waals surface area contributed by atoms with E-state index in [0.29, 0.717) is 5.56 Å². The van der Waals surface area contributed by atoms with Gasteiger partial charge in [0, 0.05) is 11.6 Å². The highest BCUT2D eigenvalue weighted by Crippen LogP contribution is 2.36. The molecule has 1 N–H and O–H groups in total. The van der Waals surface area contributed by atoms with E-state index in [-0.39, 0.29) is 5.75 Å². The van der Waals surface area contributed by atoms with E-state index in [1.807, 2.05) is 60.7 Å². The number of aromatic hydroxyl groups is 1. The number of hydrogen-bond acceptors (Lipinski definition) is 6. The average Bonchev–Trinajstić information content (AvgIpc) is 2.70. The summed E-state index contributed by atoms with van der Waals surface area (Å²) in [5.74, 6) is -0.501. The Morgan fingerprint density at radius 2 is 1.59 bits per heavy atom. The zero-order chi connectivity index (χ0) is 19.2. The molecule has 0 spiro atoms. The van der Waals surface area contributed by atoms with E-state index in [1.165, 1.54) is 25.5 Å². The molecule has 136 valence electrons. The SMILES string of the molecule is COc1cc(/C=N/N(c2ccccc2)c2ccccc2)cc([N+](=O)[O-])c1O. The smallest absolute Gasteiger partial charge is 0.315 e. The average molecular weight is 363 g/mol. The van der Waals surface area contributed by atoms with Gasteiger partial charge in [-0.2, -0.15) is 5.10 Å². The number of phenolic OH excluding ortho intramolecular Hbond substituents is 1. The Kier molecular flexibility index (Phi) is 5.32. The van der Waals surface area contributed by atoms with Crippen LogP contribution in [0.1, 0.15) is 5.56 Å². The lowest BCUT2D eigenvalue weighted by Crippen LogP contribution is -2.09. The molecule has 27 heavy (non-hydrogen) atoms. The van der Waals surface area contributed by atoms with Crippen LogP contribution in [0.25, 0.3) is 0 Å². The van der Waals surface area contributed by atoms with Gasteiger partial charge in [0.15, 0.2) is 5.75 Å². The standard InChI is InChI=1S/C20H17N3O4/c1-27-19-13-15(12-18(20(19)24)23(25)26)14-21-22(16-8-4-2-5-9-16)17-10-6-3-7-11-17/h2-14,24H,1H3/b21-14+. The van der Waals surface area contributed by atoms with Crippen molar-refractivity contribution in [3.8, 4) is 11.5 Å². The molecule has 7 nitrogen and oxygen atoms in total. The van der Waals surface area contributed by atoms with Crippen LogP contribution < -0.4 is 9.75 Å². The third-order valence-corrected chi connectivity index (χ3v) is 3.82. The maximum absolute atomic E-state index is 11.2. The summed E-state index contributed by atoms with van der Waals surface area (Å²) >= 11 is 0. The van der Waals surface area contributed by atoms with Gasteiger partial charge in [0.05, 0.1) is 29.6 Å². The molecule has 3 aromatic rings. The Labute approximate surface area is 155 Å². The highest BCUT2D eigenvalue weighted by Gasteiger charge is 2.19. The second kappa shape index (κ2) is 8.01. The second-order valence-corrected chi connectivity index (χ2v) is 5.58. The van der Waals surface area contributed by atoms with Crippen molar-refractivity contribution in [2.45, 2.75) is 0 Å². The third-order valence-electron chi connectivity index (χ3n) is 3.82. The van der Waals surface area contributed by atoms with E-state index in [2.05, 4.69) is 5.10 Å². The molecule has 3 rings (SSSR count). The molecule has 0 aromatic heterocycles. The monoisotopic (exact) mass is 363 g/mol. The predicted octanol–water partition coefficient (Wildman–Crippen LogP) is 4.48. The van der Waals surface area contributed by atoms with Gasteiger partial charge in [-0.3, -0.25) is 10.1 Å². The van der Waals surface area contributed by atoms with Gasteiger partial charge >= 0.3 is 5.69 Å². The molecule has 0 saturated carbocycles. The summed E-state index contributed by atoms with van der Waals surface area (Å²) in [6.45, 7) is 0. The maximum Gasteiger partial charge on any atom is 0.315 e. The first-order valence-electron chi connectivity index (χ1n) is 8.09. The predicted molar refractivity (Wildman–Crippen MR) is 104 cm³/mol. The molecule has 0 fully saturated rings. The van der Waals surface area contributed by atoms with Crippen LogP contribution in [0.4, 0.5) is 17.1 Å². The number of nitro benzene ring substituents is 1. The van der Waals surface area contributed by atoms with Gasteiger partial charge in [0.2, 0.25) is 5.75 Å². The fourth-order valence-corrected chi connectivity index (χ4v) is 2.53. The van der Waals surface area contributed by atoms with Crippen molar-refractivity contribution >= 4 is 23.3 Å². The number of methoxy groups -OCH3 is 1. The number of hydrogen-bond donors (Lipinski definition) is 1. The van der Waals surface area contributed by atoms with Gasteiger partial charge in [-0.05, 0) is 30.3 Å². The van der Waals surface area contributed by atoms with Crippen molar-refractivity contribution in [3.63, 3.8) is 0 Å². The van der Waals surface area contributed by atoms with Crippen molar-refractivity contribution in [2.24, 2.45) is 5.10 Å². The Balaban J connectivity index is 2.03. The molecule has 0 unspecified atom stereocenters. The lowest BCUT2D eigenvalue weighted by molar-refractivity contribution is -0.386. The summed E-state index contributed by atoms with van der Waals surface area (Å²) in [5, 5.41) is 27.3. The van der Waals surface area contributed by atoms with Crippen LogP contribution >= 0.6 is 0 Å². The van der Waals surface area contributed by atoms with Crippen molar-refractivity contribution < 1.29 is 14.8 Å². The number of nitro groups is 1. The van der Waals surface area contributed by atoms with E-state index in [1.54, 1.807) is 5.01 Å². The second-order valence-electron chi connectivity index (χ2n) is 5.58. The highest BCUT2D eigenvalue weighted by atomic mass is 16.6. The van der Waals surface area contributed by atoms with E-state index in [4.69, 9.17) is 4.74 Å². The van der Waals surface area contributed by atoms with Crippen molar-refractivity contribution in [2.75, 3.05) is 12.1 Å². The quantitative estimate of drug-likeness (QED) is 0.396. The van der Waals surface area contributed by atoms with E-state index >= 15 is 0 Å². The maximum atomic E-state index is 11.2. The molecule has 0 heterocycles. The number of ether oxygens (including phenoxy) is 1.